The van der Waals surface area contributed by atoms with Gasteiger partial charge in [-0.15, -0.1) is 0 Å². The molecule has 0 atom stereocenters. The van der Waals surface area contributed by atoms with E-state index in [1.807, 2.05) is 30.3 Å². The summed E-state index contributed by atoms with van der Waals surface area (Å²) in [6, 6.07) is 17.8. The highest BCUT2D eigenvalue weighted by atomic mass is 35.5. The topological polar surface area (TPSA) is 58.2 Å². The van der Waals surface area contributed by atoms with Gasteiger partial charge in [-0.3, -0.25) is 9.59 Å². The molecule has 2 N–H and O–H groups in total. The number of hydrogen-bond acceptors (Lipinski definition) is 2. The van der Waals surface area contributed by atoms with Crippen molar-refractivity contribution in [3.8, 4) is 0 Å². The molecule has 120 valence electrons. The van der Waals surface area contributed by atoms with Crippen LogP contribution < -0.4 is 10.6 Å². The number of para-hydroxylation sites is 1. The Bertz CT molecular complexity index is 916. The fourth-order valence-corrected chi connectivity index (χ4v) is 2.79. The minimum absolute atomic E-state index is 0.207. The van der Waals surface area contributed by atoms with Gasteiger partial charge in [0.25, 0.3) is 0 Å². The third kappa shape index (κ3) is 3.35. The molecule has 0 aromatic heterocycles. The first-order valence-electron chi connectivity index (χ1n) is 7.10. The molecule has 24 heavy (non-hydrogen) atoms. The zero-order valence-electron chi connectivity index (χ0n) is 12.3. The number of hydrogen-bond donors (Lipinski definition) is 2. The summed E-state index contributed by atoms with van der Waals surface area (Å²) in [5.74, 6) is -1.65. The predicted octanol–water partition coefficient (Wildman–Crippen LogP) is 4.72. The second-order valence-electron chi connectivity index (χ2n) is 5.03. The first-order valence-corrected chi connectivity index (χ1v) is 7.86. The number of carbonyl (C=O) groups is 2. The summed E-state index contributed by atoms with van der Waals surface area (Å²) >= 11 is 12.0. The Morgan fingerprint density at radius 1 is 0.708 bits per heavy atom. The number of amides is 2. The van der Waals surface area contributed by atoms with Gasteiger partial charge in [0.1, 0.15) is 0 Å². The number of rotatable bonds is 2. The van der Waals surface area contributed by atoms with Crippen LogP contribution in [0.2, 0.25) is 10.0 Å². The van der Waals surface area contributed by atoms with Crippen molar-refractivity contribution >= 4 is 57.2 Å². The molecule has 0 aliphatic heterocycles. The molecule has 0 unspecified atom stereocenters. The van der Waals surface area contributed by atoms with E-state index in [0.717, 1.165) is 10.8 Å². The first-order chi connectivity index (χ1) is 11.6. The van der Waals surface area contributed by atoms with E-state index in [-0.39, 0.29) is 15.7 Å². The van der Waals surface area contributed by atoms with E-state index in [2.05, 4.69) is 10.6 Å². The predicted molar refractivity (Wildman–Crippen MR) is 97.7 cm³/mol. The van der Waals surface area contributed by atoms with Crippen molar-refractivity contribution in [2.75, 3.05) is 10.6 Å². The summed E-state index contributed by atoms with van der Waals surface area (Å²) in [6.07, 6.45) is 0. The van der Waals surface area contributed by atoms with Crippen LogP contribution in [0.25, 0.3) is 10.8 Å². The summed E-state index contributed by atoms with van der Waals surface area (Å²) < 4.78 is 0. The molecular weight excluding hydrogens is 347 g/mol. The van der Waals surface area contributed by atoms with Crippen molar-refractivity contribution in [1.29, 1.82) is 0 Å². The van der Waals surface area contributed by atoms with Crippen LogP contribution in [0.5, 0.6) is 0 Å². The quantitative estimate of drug-likeness (QED) is 0.651. The zero-order valence-corrected chi connectivity index (χ0v) is 13.9. The third-order valence-corrected chi connectivity index (χ3v) is 4.08. The lowest BCUT2D eigenvalue weighted by Gasteiger charge is -2.10. The van der Waals surface area contributed by atoms with Crippen molar-refractivity contribution in [3.63, 3.8) is 0 Å². The van der Waals surface area contributed by atoms with Crippen molar-refractivity contribution in [2.24, 2.45) is 0 Å². The average Bonchev–Trinajstić information content (AvgIpc) is 2.58. The molecule has 0 spiro atoms. The maximum Gasteiger partial charge on any atom is 0.314 e. The largest absolute Gasteiger partial charge is 0.317 e. The Kier molecular flexibility index (Phi) is 4.69. The Morgan fingerprint density at radius 2 is 1.29 bits per heavy atom. The highest BCUT2D eigenvalue weighted by molar-refractivity contribution is 6.47. The van der Waals surface area contributed by atoms with Gasteiger partial charge in [0.2, 0.25) is 0 Å². The number of halogens is 2. The maximum atomic E-state index is 12.2. The number of carbonyl (C=O) groups excluding carboxylic acids is 2. The van der Waals surface area contributed by atoms with Crippen LogP contribution in [0.1, 0.15) is 0 Å². The van der Waals surface area contributed by atoms with Crippen molar-refractivity contribution < 1.29 is 9.59 Å². The van der Waals surface area contributed by atoms with Gasteiger partial charge in [-0.2, -0.15) is 0 Å². The third-order valence-electron chi connectivity index (χ3n) is 3.45. The first kappa shape index (κ1) is 16.3. The van der Waals surface area contributed by atoms with Crippen molar-refractivity contribution in [1.82, 2.24) is 0 Å². The van der Waals surface area contributed by atoms with Crippen LogP contribution in [0.3, 0.4) is 0 Å². The lowest BCUT2D eigenvalue weighted by molar-refractivity contribution is -0.132. The molecule has 0 heterocycles. The van der Waals surface area contributed by atoms with Gasteiger partial charge in [0.05, 0.1) is 15.7 Å². The van der Waals surface area contributed by atoms with E-state index in [1.165, 1.54) is 0 Å². The number of fused-ring (bicyclic) bond motifs is 1. The molecule has 3 aromatic carbocycles. The van der Waals surface area contributed by atoms with E-state index in [1.54, 1.807) is 30.3 Å². The van der Waals surface area contributed by atoms with Gasteiger partial charge < -0.3 is 10.6 Å². The number of nitrogens with one attached hydrogen (secondary N) is 2. The van der Waals surface area contributed by atoms with Crippen LogP contribution in [0.4, 0.5) is 11.4 Å². The van der Waals surface area contributed by atoms with Crippen LogP contribution in [0, 0.1) is 0 Å². The smallest absolute Gasteiger partial charge is 0.314 e. The number of anilines is 2. The van der Waals surface area contributed by atoms with Crippen LogP contribution in [-0.4, -0.2) is 11.8 Å². The summed E-state index contributed by atoms with van der Waals surface area (Å²) in [5, 5.41) is 7.36. The summed E-state index contributed by atoms with van der Waals surface area (Å²) in [4.78, 5) is 24.3. The standard InChI is InChI=1S/C18H12Cl2N2O2/c19-13-8-4-9-14(20)16(13)22-18(24)17(23)21-15-10-3-6-11-5-1-2-7-12(11)15/h1-10H,(H,21,23)(H,22,24). The highest BCUT2D eigenvalue weighted by Gasteiger charge is 2.17. The molecule has 6 heteroatoms. The molecule has 3 rings (SSSR count). The fourth-order valence-electron chi connectivity index (χ4n) is 2.30. The summed E-state index contributed by atoms with van der Waals surface area (Å²) in [7, 11) is 0. The second-order valence-corrected chi connectivity index (χ2v) is 5.85. The summed E-state index contributed by atoms with van der Waals surface area (Å²) in [5.41, 5.74) is 0.761. The lowest BCUT2D eigenvalue weighted by Crippen LogP contribution is -2.29. The average molecular weight is 359 g/mol. The molecule has 0 saturated heterocycles. The molecule has 2 amide bonds. The second kappa shape index (κ2) is 6.91. The Balaban J connectivity index is 1.80. The number of benzene rings is 3. The summed E-state index contributed by atoms with van der Waals surface area (Å²) in [6.45, 7) is 0. The maximum absolute atomic E-state index is 12.2. The van der Waals surface area contributed by atoms with Gasteiger partial charge in [-0.1, -0.05) is 65.7 Å². The fraction of sp³-hybridized carbons (Fsp3) is 0. The molecular formula is C18H12Cl2N2O2. The van der Waals surface area contributed by atoms with Gasteiger partial charge in [0.15, 0.2) is 0 Å². The lowest BCUT2D eigenvalue weighted by atomic mass is 10.1. The van der Waals surface area contributed by atoms with E-state index >= 15 is 0 Å². The highest BCUT2D eigenvalue weighted by Crippen LogP contribution is 2.30. The SMILES string of the molecule is O=C(Nc1c(Cl)cccc1Cl)C(=O)Nc1cccc2ccccc12. The van der Waals surface area contributed by atoms with E-state index < -0.39 is 11.8 Å². The minimum Gasteiger partial charge on any atom is -0.317 e. The normalized spacial score (nSPS) is 10.4. The van der Waals surface area contributed by atoms with Crippen LogP contribution >= 0.6 is 23.2 Å². The van der Waals surface area contributed by atoms with E-state index in [4.69, 9.17) is 23.2 Å². The molecule has 3 aromatic rings. The van der Waals surface area contributed by atoms with Crippen LogP contribution in [0.15, 0.2) is 60.7 Å². The molecule has 0 saturated carbocycles. The van der Waals surface area contributed by atoms with E-state index in [9.17, 15) is 9.59 Å². The van der Waals surface area contributed by atoms with Crippen molar-refractivity contribution in [3.05, 3.63) is 70.7 Å². The molecule has 0 aliphatic rings. The van der Waals surface area contributed by atoms with Crippen molar-refractivity contribution in [2.45, 2.75) is 0 Å². The molecule has 0 fully saturated rings. The molecule has 4 nitrogen and oxygen atoms in total. The monoisotopic (exact) mass is 358 g/mol. The molecule has 0 radical (unpaired) electrons. The molecule has 0 aliphatic carbocycles. The Labute approximate surface area is 148 Å². The van der Waals surface area contributed by atoms with Gasteiger partial charge >= 0.3 is 11.8 Å². The van der Waals surface area contributed by atoms with Gasteiger partial charge in [-0.05, 0) is 23.6 Å². The Hall–Kier alpha value is -2.56. The van der Waals surface area contributed by atoms with Gasteiger partial charge in [-0.25, -0.2) is 0 Å². The Morgan fingerprint density at radius 3 is 2.04 bits per heavy atom. The van der Waals surface area contributed by atoms with E-state index in [0.29, 0.717) is 5.69 Å². The minimum atomic E-state index is -0.849. The molecule has 0 bridgehead atoms. The van der Waals surface area contributed by atoms with Gasteiger partial charge in [0, 0.05) is 11.1 Å². The zero-order chi connectivity index (χ0) is 17.1. The van der Waals surface area contributed by atoms with Crippen LogP contribution in [-0.2, 0) is 9.59 Å².